The fraction of sp³-hybridized carbons (Fsp3) is 0.381. The second kappa shape index (κ2) is 6.89. The zero-order chi connectivity index (χ0) is 17.2. The molecule has 1 aromatic heterocycles. The molecule has 0 spiro atoms. The predicted octanol–water partition coefficient (Wildman–Crippen LogP) is 2.72. The van der Waals surface area contributed by atoms with Gasteiger partial charge in [0.1, 0.15) is 6.33 Å². The molecule has 0 saturated carbocycles. The summed E-state index contributed by atoms with van der Waals surface area (Å²) in [6.45, 7) is 7.27. The second-order valence-electron chi connectivity index (χ2n) is 6.89. The van der Waals surface area contributed by atoms with Crippen LogP contribution in [-0.2, 0) is 13.1 Å². The lowest BCUT2D eigenvalue weighted by Crippen LogP contribution is -2.28. The lowest BCUT2D eigenvalue weighted by Gasteiger charge is -2.10. The highest BCUT2D eigenvalue weighted by molar-refractivity contribution is 6.11. The Balaban J connectivity index is 1.80. The van der Waals surface area contributed by atoms with E-state index in [1.165, 1.54) is 21.6 Å². The van der Waals surface area contributed by atoms with Crippen LogP contribution < -0.4 is 10.4 Å². The monoisotopic (exact) mass is 332 g/mol. The number of fused-ring (bicyclic) bond motifs is 2. The standard InChI is InChI=1S/C21H24N4/c1-3-25-12-19-20(13-25)22-14-23-21(19)24-17-9-6-7-15(2)18-10-5-4-8-16(18)11-17/h4-5,8,10-11,14H,3,6-7,9,12-13H2,1-2H3. The first-order valence-electron chi connectivity index (χ1n) is 9.14. The molecule has 25 heavy (non-hydrogen) atoms. The fourth-order valence-corrected chi connectivity index (χ4v) is 3.70. The maximum absolute atomic E-state index is 4.96. The summed E-state index contributed by atoms with van der Waals surface area (Å²) in [5, 5.41) is 2.61. The van der Waals surface area contributed by atoms with Crippen LogP contribution in [0.3, 0.4) is 0 Å². The van der Waals surface area contributed by atoms with Crippen molar-refractivity contribution in [1.29, 1.82) is 0 Å². The Labute approximate surface area is 148 Å². The van der Waals surface area contributed by atoms with Gasteiger partial charge in [0, 0.05) is 24.4 Å². The lowest BCUT2D eigenvalue weighted by molar-refractivity contribution is 0.299. The van der Waals surface area contributed by atoms with Gasteiger partial charge in [0.2, 0.25) is 0 Å². The van der Waals surface area contributed by atoms with E-state index in [9.17, 15) is 0 Å². The van der Waals surface area contributed by atoms with Gasteiger partial charge in [-0.25, -0.2) is 15.0 Å². The summed E-state index contributed by atoms with van der Waals surface area (Å²) < 4.78 is 0. The molecule has 4 rings (SSSR count). The van der Waals surface area contributed by atoms with E-state index >= 15 is 0 Å². The van der Waals surface area contributed by atoms with Crippen LogP contribution in [0.5, 0.6) is 0 Å². The van der Waals surface area contributed by atoms with Gasteiger partial charge < -0.3 is 0 Å². The third kappa shape index (κ3) is 3.27. The summed E-state index contributed by atoms with van der Waals surface area (Å²) in [5.74, 6) is 0.853. The topological polar surface area (TPSA) is 41.4 Å². The zero-order valence-electron chi connectivity index (χ0n) is 15.0. The number of hydrogen-bond donors (Lipinski definition) is 0. The molecule has 0 N–H and O–H groups in total. The number of hydrogen-bond acceptors (Lipinski definition) is 4. The Morgan fingerprint density at radius 1 is 1.12 bits per heavy atom. The third-order valence-electron chi connectivity index (χ3n) is 5.19. The number of benzene rings is 1. The number of nitrogens with zero attached hydrogens (tertiary/aromatic N) is 4. The highest BCUT2D eigenvalue weighted by Crippen LogP contribution is 2.28. The predicted molar refractivity (Wildman–Crippen MR) is 102 cm³/mol. The molecule has 2 aromatic rings. The molecular weight excluding hydrogens is 308 g/mol. The molecular formula is C21H24N4. The van der Waals surface area contributed by atoms with Crippen LogP contribution in [0.1, 0.15) is 44.4 Å². The van der Waals surface area contributed by atoms with Gasteiger partial charge in [-0.15, -0.1) is 0 Å². The Morgan fingerprint density at radius 2 is 2.00 bits per heavy atom. The molecule has 4 nitrogen and oxygen atoms in total. The van der Waals surface area contributed by atoms with Gasteiger partial charge >= 0.3 is 0 Å². The molecule has 0 radical (unpaired) electrons. The summed E-state index contributed by atoms with van der Waals surface area (Å²) >= 11 is 0. The zero-order valence-corrected chi connectivity index (χ0v) is 15.0. The minimum atomic E-state index is 0.853. The molecule has 2 aliphatic rings. The lowest BCUT2D eigenvalue weighted by atomic mass is 10.00. The summed E-state index contributed by atoms with van der Waals surface area (Å²) in [6.07, 6.45) is 7.13. The van der Waals surface area contributed by atoms with Crippen LogP contribution in [0.4, 0.5) is 5.82 Å². The van der Waals surface area contributed by atoms with Gasteiger partial charge in [0.05, 0.1) is 5.69 Å². The highest BCUT2D eigenvalue weighted by Gasteiger charge is 2.22. The Kier molecular flexibility index (Phi) is 4.45. The molecule has 1 aliphatic heterocycles. The first-order valence-corrected chi connectivity index (χ1v) is 9.14. The van der Waals surface area contributed by atoms with Crippen molar-refractivity contribution in [2.24, 2.45) is 4.99 Å². The Bertz CT molecular complexity index is 943. The van der Waals surface area contributed by atoms with Crippen LogP contribution in [0.15, 0.2) is 35.6 Å². The molecule has 0 bridgehead atoms. The van der Waals surface area contributed by atoms with Gasteiger partial charge in [0.25, 0.3) is 0 Å². The summed E-state index contributed by atoms with van der Waals surface area (Å²) in [7, 11) is 0. The maximum atomic E-state index is 4.96. The summed E-state index contributed by atoms with van der Waals surface area (Å²) in [5.41, 5.74) is 4.91. The van der Waals surface area contributed by atoms with Crippen molar-refractivity contribution < 1.29 is 0 Å². The largest absolute Gasteiger partial charge is 0.293 e. The van der Waals surface area contributed by atoms with Crippen LogP contribution in [0.2, 0.25) is 0 Å². The van der Waals surface area contributed by atoms with Gasteiger partial charge in [-0.3, -0.25) is 4.90 Å². The SMILES string of the molecule is CCN1Cc2ncnc(N=C3C=c4ccccc4=C(C)CCC3)c2C1. The smallest absolute Gasteiger partial charge is 0.160 e. The van der Waals surface area contributed by atoms with Gasteiger partial charge in [0.15, 0.2) is 5.82 Å². The van der Waals surface area contributed by atoms with Gasteiger partial charge in [-0.1, -0.05) is 36.8 Å². The first-order chi connectivity index (χ1) is 12.2. The van der Waals surface area contributed by atoms with Crippen molar-refractivity contribution in [3.05, 3.63) is 52.3 Å². The molecule has 4 heteroatoms. The number of aliphatic imine (C=N–C) groups is 1. The van der Waals surface area contributed by atoms with Crippen LogP contribution in [-0.4, -0.2) is 27.1 Å². The van der Waals surface area contributed by atoms with E-state index in [-0.39, 0.29) is 0 Å². The minimum absolute atomic E-state index is 0.853. The Morgan fingerprint density at radius 3 is 2.88 bits per heavy atom. The van der Waals surface area contributed by atoms with E-state index in [1.54, 1.807) is 6.33 Å². The van der Waals surface area contributed by atoms with Crippen molar-refractivity contribution in [2.45, 2.75) is 46.2 Å². The first kappa shape index (κ1) is 16.2. The molecule has 0 fully saturated rings. The fourth-order valence-electron chi connectivity index (χ4n) is 3.70. The second-order valence-corrected chi connectivity index (χ2v) is 6.89. The van der Waals surface area contributed by atoms with Crippen molar-refractivity contribution in [1.82, 2.24) is 14.9 Å². The summed E-state index contributed by atoms with van der Waals surface area (Å²) in [4.78, 5) is 16.3. The molecule has 0 atom stereocenters. The van der Waals surface area contributed by atoms with Crippen LogP contribution in [0, 0.1) is 0 Å². The summed E-state index contributed by atoms with van der Waals surface area (Å²) in [6, 6.07) is 8.61. The molecule has 1 aliphatic carbocycles. The molecule has 128 valence electrons. The number of rotatable bonds is 2. The van der Waals surface area contributed by atoms with Gasteiger partial charge in [-0.2, -0.15) is 0 Å². The van der Waals surface area contributed by atoms with Gasteiger partial charge in [-0.05, 0) is 49.2 Å². The van der Waals surface area contributed by atoms with E-state index in [4.69, 9.17) is 4.99 Å². The van der Waals surface area contributed by atoms with Crippen molar-refractivity contribution in [3.8, 4) is 0 Å². The highest BCUT2D eigenvalue weighted by atomic mass is 15.2. The quantitative estimate of drug-likeness (QED) is 0.849. The molecule has 0 saturated heterocycles. The Hall–Kier alpha value is -2.33. The molecule has 0 amide bonds. The maximum Gasteiger partial charge on any atom is 0.160 e. The molecule has 2 heterocycles. The van der Waals surface area contributed by atoms with Crippen molar-refractivity contribution >= 4 is 23.2 Å². The van der Waals surface area contributed by atoms with E-state index < -0.39 is 0 Å². The van der Waals surface area contributed by atoms with Crippen molar-refractivity contribution in [2.75, 3.05) is 6.54 Å². The van der Waals surface area contributed by atoms with E-state index in [0.717, 1.165) is 56.1 Å². The molecule has 1 aromatic carbocycles. The van der Waals surface area contributed by atoms with Crippen LogP contribution >= 0.6 is 0 Å². The van der Waals surface area contributed by atoms with E-state index in [1.807, 2.05) is 0 Å². The number of aromatic nitrogens is 2. The normalized spacial score (nSPS) is 19.1. The average Bonchev–Trinajstić information content (AvgIpc) is 3.05. The van der Waals surface area contributed by atoms with E-state index in [2.05, 4.69) is 59.1 Å². The minimum Gasteiger partial charge on any atom is -0.293 e. The third-order valence-corrected chi connectivity index (χ3v) is 5.19. The van der Waals surface area contributed by atoms with E-state index in [0.29, 0.717) is 0 Å². The van der Waals surface area contributed by atoms with Crippen LogP contribution in [0.25, 0.3) is 11.6 Å². The van der Waals surface area contributed by atoms with Crippen molar-refractivity contribution in [3.63, 3.8) is 0 Å². The average molecular weight is 332 g/mol. The molecule has 0 unspecified atom stereocenters.